The molecular weight excluding hydrogens is 591 g/mol. The number of hydrogen-bond acceptors (Lipinski definition) is 7. The minimum absolute atomic E-state index is 0.208. The Hall–Kier alpha value is -4.18. The van der Waals surface area contributed by atoms with Crippen molar-refractivity contribution in [2.24, 2.45) is 0 Å². The standard InChI is InChI=1S/C35H35N3O4S2/c1-3-42-35(41)32-29-19-20-38(22-26-13-8-5-9-14-26)23-30(29)44-34(32)37-33(40)24(2)43-28-16-10-15-27(21-28)36-31(39)18-17-25-11-6-4-7-12-25/h4-18,21,24H,3,19-20,22-23H2,1-2H3,(H,36,39)(H,37,40)/b18-17+. The van der Waals surface area contributed by atoms with Gasteiger partial charge in [-0.25, -0.2) is 4.79 Å². The van der Waals surface area contributed by atoms with E-state index in [9.17, 15) is 14.4 Å². The van der Waals surface area contributed by atoms with E-state index in [0.29, 0.717) is 29.2 Å². The fraction of sp³-hybridized carbons (Fsp3) is 0.229. The minimum atomic E-state index is -0.456. The minimum Gasteiger partial charge on any atom is -0.462 e. The van der Waals surface area contributed by atoms with Crippen molar-refractivity contribution >= 4 is 57.6 Å². The molecule has 1 atom stereocenters. The third kappa shape index (κ3) is 8.25. The highest BCUT2D eigenvalue weighted by molar-refractivity contribution is 8.00. The molecule has 5 rings (SSSR count). The first-order valence-electron chi connectivity index (χ1n) is 14.6. The molecule has 1 unspecified atom stereocenters. The van der Waals surface area contributed by atoms with Gasteiger partial charge in [-0.15, -0.1) is 23.1 Å². The molecule has 7 nitrogen and oxygen atoms in total. The number of ether oxygens (including phenoxy) is 1. The van der Waals surface area contributed by atoms with E-state index >= 15 is 0 Å². The molecular formula is C35H35N3O4S2. The van der Waals surface area contributed by atoms with Crippen molar-refractivity contribution < 1.29 is 19.1 Å². The Labute approximate surface area is 266 Å². The van der Waals surface area contributed by atoms with Crippen molar-refractivity contribution in [3.63, 3.8) is 0 Å². The van der Waals surface area contributed by atoms with Crippen LogP contribution in [0.4, 0.5) is 10.7 Å². The number of nitrogens with one attached hydrogen (secondary N) is 2. The van der Waals surface area contributed by atoms with E-state index in [1.807, 2.05) is 79.7 Å². The van der Waals surface area contributed by atoms with Crippen LogP contribution in [0.15, 0.2) is 95.9 Å². The van der Waals surface area contributed by atoms with Crippen LogP contribution in [0.3, 0.4) is 0 Å². The number of thiophene rings is 1. The summed E-state index contributed by atoms with van der Waals surface area (Å²) in [6.07, 6.45) is 3.97. The normalized spacial score (nSPS) is 13.7. The summed E-state index contributed by atoms with van der Waals surface area (Å²) in [7, 11) is 0. The highest BCUT2D eigenvalue weighted by atomic mass is 32.2. The number of rotatable bonds is 11. The lowest BCUT2D eigenvalue weighted by Gasteiger charge is -2.27. The molecule has 4 aromatic rings. The molecule has 0 bridgehead atoms. The van der Waals surface area contributed by atoms with Crippen molar-refractivity contribution in [2.45, 2.75) is 43.5 Å². The second kappa shape index (κ2) is 15.0. The Kier molecular flexibility index (Phi) is 10.7. The molecule has 2 amide bonds. The number of fused-ring (bicyclic) bond motifs is 1. The number of thioether (sulfide) groups is 1. The van der Waals surface area contributed by atoms with E-state index in [0.717, 1.165) is 34.0 Å². The molecule has 0 aliphatic carbocycles. The average Bonchev–Trinajstić information content (AvgIpc) is 3.38. The molecule has 0 radical (unpaired) electrons. The number of benzene rings is 3. The zero-order valence-electron chi connectivity index (χ0n) is 24.7. The molecule has 0 spiro atoms. The summed E-state index contributed by atoms with van der Waals surface area (Å²) in [6.45, 7) is 6.22. The predicted molar refractivity (Wildman–Crippen MR) is 179 cm³/mol. The molecule has 2 heterocycles. The molecule has 226 valence electrons. The van der Waals surface area contributed by atoms with Gasteiger partial charge in [0.05, 0.1) is 17.4 Å². The van der Waals surface area contributed by atoms with E-state index in [1.165, 1.54) is 34.7 Å². The van der Waals surface area contributed by atoms with Crippen molar-refractivity contribution in [2.75, 3.05) is 23.8 Å². The lowest BCUT2D eigenvalue weighted by Crippen LogP contribution is -2.30. The Balaban J connectivity index is 1.24. The summed E-state index contributed by atoms with van der Waals surface area (Å²) in [6, 6.07) is 27.3. The number of carbonyl (C=O) groups excluding carboxylic acids is 3. The van der Waals surface area contributed by atoms with Crippen molar-refractivity contribution in [1.82, 2.24) is 4.90 Å². The van der Waals surface area contributed by atoms with Gasteiger partial charge in [-0.2, -0.15) is 0 Å². The molecule has 0 fully saturated rings. The third-order valence-corrected chi connectivity index (χ3v) is 9.34. The summed E-state index contributed by atoms with van der Waals surface area (Å²) < 4.78 is 5.40. The van der Waals surface area contributed by atoms with Crippen molar-refractivity contribution in [1.29, 1.82) is 0 Å². The Morgan fingerprint density at radius 3 is 2.50 bits per heavy atom. The van der Waals surface area contributed by atoms with Crippen LogP contribution in [0.5, 0.6) is 0 Å². The molecule has 44 heavy (non-hydrogen) atoms. The smallest absolute Gasteiger partial charge is 0.341 e. The van der Waals surface area contributed by atoms with E-state index in [4.69, 9.17) is 4.74 Å². The molecule has 0 saturated carbocycles. The first-order valence-corrected chi connectivity index (χ1v) is 16.3. The lowest BCUT2D eigenvalue weighted by molar-refractivity contribution is -0.115. The van der Waals surface area contributed by atoms with E-state index in [-0.39, 0.29) is 18.4 Å². The second-order valence-electron chi connectivity index (χ2n) is 10.4. The van der Waals surface area contributed by atoms with Gasteiger partial charge in [0.15, 0.2) is 0 Å². The van der Waals surface area contributed by atoms with Gasteiger partial charge in [0.2, 0.25) is 11.8 Å². The second-order valence-corrected chi connectivity index (χ2v) is 12.9. The number of carbonyl (C=O) groups is 3. The SMILES string of the molecule is CCOC(=O)c1c(NC(=O)C(C)Sc2cccc(NC(=O)/C=C/c3ccccc3)c2)sc2c1CCN(Cc1ccccc1)C2. The Bertz CT molecular complexity index is 1640. The van der Waals surface area contributed by atoms with Crippen LogP contribution in [-0.2, 0) is 33.8 Å². The van der Waals surface area contributed by atoms with Crippen LogP contribution >= 0.6 is 23.1 Å². The summed E-state index contributed by atoms with van der Waals surface area (Å²) in [5.74, 6) is -0.848. The predicted octanol–water partition coefficient (Wildman–Crippen LogP) is 7.25. The van der Waals surface area contributed by atoms with Gasteiger partial charge in [0.25, 0.3) is 0 Å². The fourth-order valence-corrected chi connectivity index (χ4v) is 7.19. The molecule has 1 aromatic heterocycles. The van der Waals surface area contributed by atoms with Crippen molar-refractivity contribution in [3.8, 4) is 0 Å². The van der Waals surface area contributed by atoms with Gasteiger partial charge in [-0.3, -0.25) is 14.5 Å². The maximum Gasteiger partial charge on any atom is 0.341 e. The van der Waals surface area contributed by atoms with E-state index < -0.39 is 11.2 Å². The Morgan fingerprint density at radius 1 is 1.00 bits per heavy atom. The summed E-state index contributed by atoms with van der Waals surface area (Å²) in [5, 5.41) is 6.00. The molecule has 9 heteroatoms. The number of amides is 2. The van der Waals surface area contributed by atoms with Gasteiger partial charge < -0.3 is 15.4 Å². The fourth-order valence-electron chi connectivity index (χ4n) is 4.98. The number of anilines is 2. The number of nitrogens with zero attached hydrogens (tertiary/aromatic N) is 1. The maximum atomic E-state index is 13.4. The van der Waals surface area contributed by atoms with E-state index in [2.05, 4.69) is 27.7 Å². The quantitative estimate of drug-likeness (QED) is 0.104. The molecule has 0 saturated heterocycles. The van der Waals surface area contributed by atoms with Crippen LogP contribution in [-0.4, -0.2) is 41.1 Å². The van der Waals surface area contributed by atoms with Crippen LogP contribution in [0.2, 0.25) is 0 Å². The van der Waals surface area contributed by atoms with Crippen LogP contribution in [0.25, 0.3) is 6.08 Å². The first-order chi connectivity index (χ1) is 21.4. The first kappa shape index (κ1) is 31.3. The van der Waals surface area contributed by atoms with Gasteiger partial charge in [-0.05, 0) is 61.2 Å². The number of esters is 1. The Morgan fingerprint density at radius 2 is 1.75 bits per heavy atom. The van der Waals surface area contributed by atoms with Crippen LogP contribution < -0.4 is 10.6 Å². The topological polar surface area (TPSA) is 87.7 Å². The summed E-state index contributed by atoms with van der Waals surface area (Å²) in [5.41, 5.74) is 4.27. The average molecular weight is 626 g/mol. The van der Waals surface area contributed by atoms with E-state index in [1.54, 1.807) is 13.0 Å². The van der Waals surface area contributed by atoms with Crippen LogP contribution in [0, 0.1) is 0 Å². The van der Waals surface area contributed by atoms with Gasteiger partial charge in [-0.1, -0.05) is 66.7 Å². The highest BCUT2D eigenvalue weighted by Crippen LogP contribution is 2.38. The number of hydrogen-bond donors (Lipinski definition) is 2. The zero-order chi connectivity index (χ0) is 30.9. The lowest BCUT2D eigenvalue weighted by atomic mass is 10.0. The summed E-state index contributed by atoms with van der Waals surface area (Å²) >= 11 is 2.84. The maximum absolute atomic E-state index is 13.4. The van der Waals surface area contributed by atoms with Crippen LogP contribution in [0.1, 0.15) is 45.8 Å². The van der Waals surface area contributed by atoms with Gasteiger partial charge in [0.1, 0.15) is 5.00 Å². The monoisotopic (exact) mass is 625 g/mol. The largest absolute Gasteiger partial charge is 0.462 e. The van der Waals surface area contributed by atoms with Gasteiger partial charge in [0, 0.05) is 41.2 Å². The molecule has 2 N–H and O–H groups in total. The molecule has 1 aliphatic rings. The summed E-state index contributed by atoms with van der Waals surface area (Å²) in [4.78, 5) is 43.2. The molecule has 3 aromatic carbocycles. The third-order valence-electron chi connectivity index (χ3n) is 7.11. The van der Waals surface area contributed by atoms with Gasteiger partial charge >= 0.3 is 5.97 Å². The zero-order valence-corrected chi connectivity index (χ0v) is 26.4. The molecule has 1 aliphatic heterocycles. The van der Waals surface area contributed by atoms with Crippen molar-refractivity contribution in [3.05, 3.63) is 118 Å². The highest BCUT2D eigenvalue weighted by Gasteiger charge is 2.30.